The van der Waals surface area contributed by atoms with Crippen molar-refractivity contribution in [1.29, 1.82) is 0 Å². The number of rotatable bonds is 5. The number of aromatic nitrogens is 4. The highest BCUT2D eigenvalue weighted by Gasteiger charge is 2.31. The molecule has 0 unspecified atom stereocenters. The van der Waals surface area contributed by atoms with Crippen molar-refractivity contribution >= 4 is 62.2 Å². The molecule has 8 aromatic rings. The summed E-state index contributed by atoms with van der Waals surface area (Å²) in [6, 6.07) is 11.5. The van der Waals surface area contributed by atoms with Gasteiger partial charge in [-0.15, -0.1) is 0 Å². The molecule has 0 spiro atoms. The van der Waals surface area contributed by atoms with Crippen LogP contribution in [-0.4, -0.2) is 40.1 Å². The van der Waals surface area contributed by atoms with Crippen LogP contribution in [0.1, 0.15) is 21.7 Å². The van der Waals surface area contributed by atoms with Gasteiger partial charge < -0.3 is 28.8 Å². The largest absolute Gasteiger partial charge is 0.493 e. The Morgan fingerprint density at radius 2 is 0.952 bits per heavy atom. The SMILES string of the molecule is COC(=O)c1cc2cc(-c3c4nc(c(-c5c(F)c(F)c(F)c(F)c5F)c5ccc([nH]5)c5ccc([nH]5)c(-c5c(F)c(F)c(F)c(F)c5F)c5ccc3[nH]5)C=C4)cc(OC)c2oc1=O. The summed E-state index contributed by atoms with van der Waals surface area (Å²) in [6.45, 7) is 0. The lowest BCUT2D eigenvalue weighted by atomic mass is 10.0. The lowest BCUT2D eigenvalue weighted by molar-refractivity contribution is 0.0596. The molecular formula is C43H20F10N4O5. The third-order valence-electron chi connectivity index (χ3n) is 10.2. The molecule has 0 fully saturated rings. The van der Waals surface area contributed by atoms with E-state index in [0.29, 0.717) is 0 Å². The smallest absolute Gasteiger partial charge is 0.351 e. The maximum absolute atomic E-state index is 15.7. The lowest BCUT2D eigenvalue weighted by Gasteiger charge is -2.11. The second kappa shape index (κ2) is 14.4. The minimum absolute atomic E-state index is 0.00346. The Balaban J connectivity index is 1.50. The van der Waals surface area contributed by atoms with Crippen LogP contribution >= 0.6 is 0 Å². The topological polar surface area (TPSA) is 126 Å². The van der Waals surface area contributed by atoms with Crippen LogP contribution in [0.15, 0.2) is 63.8 Å². The van der Waals surface area contributed by atoms with E-state index in [9.17, 15) is 35.9 Å². The van der Waals surface area contributed by atoms with Gasteiger partial charge in [0.1, 0.15) is 5.56 Å². The third kappa shape index (κ3) is 5.90. The second-order valence-electron chi connectivity index (χ2n) is 13.6. The van der Waals surface area contributed by atoms with Crippen LogP contribution in [0.2, 0.25) is 0 Å². The summed E-state index contributed by atoms with van der Waals surface area (Å²) in [5.74, 6) is -23.7. The highest BCUT2D eigenvalue weighted by Crippen LogP contribution is 2.42. The van der Waals surface area contributed by atoms with Gasteiger partial charge in [0.2, 0.25) is 11.6 Å². The normalized spacial score (nSPS) is 11.9. The maximum Gasteiger partial charge on any atom is 0.351 e. The molecule has 0 saturated carbocycles. The zero-order valence-electron chi connectivity index (χ0n) is 31.1. The first kappa shape index (κ1) is 39.6. The number of carbonyl (C=O) groups excluding carboxylic acids is 1. The van der Waals surface area contributed by atoms with E-state index in [2.05, 4.69) is 19.9 Å². The number of benzene rings is 3. The summed E-state index contributed by atoms with van der Waals surface area (Å²) in [7, 11) is 2.24. The predicted octanol–water partition coefficient (Wildman–Crippen LogP) is 11.0. The molecule has 0 radical (unpaired) electrons. The van der Waals surface area contributed by atoms with Gasteiger partial charge in [0.25, 0.3) is 0 Å². The van der Waals surface area contributed by atoms with Gasteiger partial charge in [0, 0.05) is 44.1 Å². The summed E-state index contributed by atoms with van der Waals surface area (Å²) in [4.78, 5) is 38.4. The second-order valence-corrected chi connectivity index (χ2v) is 13.6. The Hall–Kier alpha value is -7.83. The highest BCUT2D eigenvalue weighted by molar-refractivity contribution is 6.02. The van der Waals surface area contributed by atoms with Crippen LogP contribution in [0.25, 0.3) is 89.6 Å². The van der Waals surface area contributed by atoms with Gasteiger partial charge >= 0.3 is 11.6 Å². The minimum Gasteiger partial charge on any atom is -0.493 e. The van der Waals surface area contributed by atoms with Gasteiger partial charge in [-0.25, -0.2) is 58.5 Å². The summed E-state index contributed by atoms with van der Waals surface area (Å²) in [5.41, 5.74) is -6.59. The monoisotopic (exact) mass is 862 g/mol. The summed E-state index contributed by atoms with van der Waals surface area (Å²) >= 11 is 0. The average Bonchev–Trinajstić information content (AvgIpc) is 4.12. The molecule has 1 aliphatic rings. The molecular weight excluding hydrogens is 842 g/mol. The summed E-state index contributed by atoms with van der Waals surface area (Å²) in [6.07, 6.45) is 2.49. The van der Waals surface area contributed by atoms with Crippen LogP contribution in [0.4, 0.5) is 43.9 Å². The summed E-state index contributed by atoms with van der Waals surface area (Å²) in [5, 5.41) is 0.0569. The van der Waals surface area contributed by atoms with E-state index in [1.807, 2.05) is 0 Å². The molecule has 312 valence electrons. The molecule has 3 aromatic carbocycles. The molecule has 9 rings (SSSR count). The number of hydrogen-bond donors (Lipinski definition) is 3. The van der Waals surface area contributed by atoms with E-state index in [1.54, 1.807) is 0 Å². The Bertz CT molecular complexity index is 3460. The lowest BCUT2D eigenvalue weighted by Crippen LogP contribution is -2.15. The number of H-pyrrole nitrogens is 3. The quantitative estimate of drug-likeness (QED) is 0.0520. The van der Waals surface area contributed by atoms with Crippen molar-refractivity contribution in [2.45, 2.75) is 0 Å². The first-order chi connectivity index (χ1) is 29.6. The number of carbonyl (C=O) groups is 1. The van der Waals surface area contributed by atoms with Crippen molar-refractivity contribution in [3.8, 4) is 39.1 Å². The number of ether oxygens (including phenoxy) is 2. The van der Waals surface area contributed by atoms with Crippen LogP contribution < -0.4 is 10.4 Å². The highest BCUT2D eigenvalue weighted by atomic mass is 19.2. The van der Waals surface area contributed by atoms with E-state index >= 15 is 17.6 Å². The van der Waals surface area contributed by atoms with Crippen molar-refractivity contribution in [2.75, 3.05) is 14.2 Å². The molecule has 9 nitrogen and oxygen atoms in total. The van der Waals surface area contributed by atoms with Gasteiger partial charge in [-0.05, 0) is 72.3 Å². The van der Waals surface area contributed by atoms with Crippen molar-refractivity contribution in [1.82, 2.24) is 19.9 Å². The molecule has 0 saturated heterocycles. The minimum atomic E-state index is -2.42. The molecule has 8 bridgehead atoms. The number of nitrogens with one attached hydrogen (secondary N) is 3. The predicted molar refractivity (Wildman–Crippen MR) is 205 cm³/mol. The van der Waals surface area contributed by atoms with Crippen LogP contribution in [0.5, 0.6) is 5.75 Å². The standard InChI is InChI=1S/C43H20F10N4O5/c1-60-25-13-14(11-15-12-16(42(58)61-2)43(59)62-41(15)25)26-19-7-9-23(56-19)27(29-31(44)35(48)39(52)36(49)32(29)45)21-5-3-17(54-21)18-4-6-22(55-18)28(24-10-8-20(26)57-24)30-33(46)37(50)40(53)38(51)34(30)47/h3-13,54-56H,1-2H3. The van der Waals surface area contributed by atoms with E-state index < -0.39 is 97.6 Å². The fraction of sp³-hybridized carbons (Fsp3) is 0.0465. The average molecular weight is 863 g/mol. The Labute approximate surface area is 337 Å². The first-order valence-corrected chi connectivity index (χ1v) is 17.8. The van der Waals surface area contributed by atoms with Crippen molar-refractivity contribution in [2.24, 2.45) is 0 Å². The maximum atomic E-state index is 15.7. The molecule has 5 aromatic heterocycles. The van der Waals surface area contributed by atoms with Gasteiger partial charge in [-0.2, -0.15) is 0 Å². The van der Waals surface area contributed by atoms with E-state index in [0.717, 1.165) is 13.2 Å². The zero-order chi connectivity index (χ0) is 44.0. The third-order valence-corrected chi connectivity index (χ3v) is 10.2. The first-order valence-electron chi connectivity index (χ1n) is 17.8. The Morgan fingerprint density at radius 3 is 1.45 bits per heavy atom. The molecule has 1 aliphatic heterocycles. The van der Waals surface area contributed by atoms with E-state index in [4.69, 9.17) is 13.9 Å². The molecule has 3 N–H and O–H groups in total. The zero-order valence-corrected chi connectivity index (χ0v) is 31.1. The van der Waals surface area contributed by atoms with Crippen LogP contribution in [0.3, 0.4) is 0 Å². The molecule has 0 atom stereocenters. The number of nitrogens with zero attached hydrogens (tertiary/aromatic N) is 1. The number of fused-ring (bicyclic) bond motifs is 10. The fourth-order valence-electron chi connectivity index (χ4n) is 7.38. The van der Waals surface area contributed by atoms with Gasteiger partial charge in [0.05, 0.1) is 47.8 Å². The van der Waals surface area contributed by atoms with Crippen LogP contribution in [-0.2, 0) is 4.74 Å². The van der Waals surface area contributed by atoms with Gasteiger partial charge in [-0.3, -0.25) is 0 Å². The number of aromatic amines is 3. The van der Waals surface area contributed by atoms with Gasteiger partial charge in [-0.1, -0.05) is 0 Å². The number of hydrogen-bond acceptors (Lipinski definition) is 6. The number of esters is 1. The Morgan fingerprint density at radius 1 is 0.532 bits per heavy atom. The number of methoxy groups -OCH3 is 2. The molecule has 62 heavy (non-hydrogen) atoms. The van der Waals surface area contributed by atoms with Crippen LogP contribution in [0, 0.1) is 58.2 Å². The van der Waals surface area contributed by atoms with E-state index in [1.165, 1.54) is 67.8 Å². The van der Waals surface area contributed by atoms with Crippen molar-refractivity contribution < 1.29 is 62.6 Å². The van der Waals surface area contributed by atoms with Gasteiger partial charge in [0.15, 0.2) is 57.9 Å². The number of halogens is 10. The summed E-state index contributed by atoms with van der Waals surface area (Å²) < 4.78 is 167. The molecule has 6 heterocycles. The molecule has 19 heteroatoms. The molecule has 0 aliphatic carbocycles. The molecule has 0 amide bonds. The van der Waals surface area contributed by atoms with Crippen molar-refractivity contribution in [3.63, 3.8) is 0 Å². The Kier molecular flexibility index (Phi) is 9.22. The van der Waals surface area contributed by atoms with Crippen molar-refractivity contribution in [3.05, 3.63) is 140 Å². The fourth-order valence-corrected chi connectivity index (χ4v) is 7.38. The van der Waals surface area contributed by atoms with E-state index in [-0.39, 0.29) is 72.3 Å².